The molecule has 0 bridgehead atoms. The Bertz CT molecular complexity index is 1060. The van der Waals surface area contributed by atoms with Gasteiger partial charge in [-0.05, 0) is 24.3 Å². The van der Waals surface area contributed by atoms with Crippen molar-refractivity contribution in [2.75, 3.05) is 25.6 Å². The van der Waals surface area contributed by atoms with Crippen LogP contribution in [0.1, 0.15) is 5.69 Å². The molecular weight excluding hydrogens is 360 g/mol. The van der Waals surface area contributed by atoms with Crippen molar-refractivity contribution in [3.8, 4) is 16.3 Å². The van der Waals surface area contributed by atoms with Crippen molar-refractivity contribution in [3.63, 3.8) is 0 Å². The Morgan fingerprint density at radius 3 is 2.89 bits per heavy atom. The first kappa shape index (κ1) is 17.5. The minimum absolute atomic E-state index is 0.0555. The smallest absolute Gasteiger partial charge is 0.204 e. The summed E-state index contributed by atoms with van der Waals surface area (Å²) in [5.74, 6) is 1.56. The van der Waals surface area contributed by atoms with Crippen LogP contribution < -0.4 is 10.1 Å². The van der Waals surface area contributed by atoms with E-state index in [9.17, 15) is 0 Å². The molecule has 0 saturated carbocycles. The van der Waals surface area contributed by atoms with E-state index in [4.69, 9.17) is 14.8 Å². The van der Waals surface area contributed by atoms with Crippen molar-refractivity contribution < 1.29 is 9.84 Å². The summed E-state index contributed by atoms with van der Waals surface area (Å²) >= 11 is 1.61. The van der Waals surface area contributed by atoms with Crippen LogP contribution in [0, 0.1) is 0 Å². The van der Waals surface area contributed by atoms with E-state index in [0.29, 0.717) is 13.1 Å². The van der Waals surface area contributed by atoms with Gasteiger partial charge in [0.15, 0.2) is 0 Å². The maximum Gasteiger partial charge on any atom is 0.204 e. The van der Waals surface area contributed by atoms with Gasteiger partial charge >= 0.3 is 0 Å². The van der Waals surface area contributed by atoms with Crippen LogP contribution in [0.3, 0.4) is 0 Å². The number of nitrogens with zero attached hydrogens (tertiary/aromatic N) is 3. The Morgan fingerprint density at radius 1 is 1.15 bits per heavy atom. The summed E-state index contributed by atoms with van der Waals surface area (Å²) in [6.45, 7) is 1.12. The van der Waals surface area contributed by atoms with Gasteiger partial charge in [0.25, 0.3) is 0 Å². The SMILES string of the molecule is COc1cccc(-c2nc(Cn3c(NCCO)nc4ccccc43)cs2)c1. The Balaban J connectivity index is 1.65. The molecule has 0 aliphatic heterocycles. The molecule has 0 aliphatic rings. The molecule has 0 atom stereocenters. The highest BCUT2D eigenvalue weighted by atomic mass is 32.1. The van der Waals surface area contributed by atoms with Gasteiger partial charge in [-0.15, -0.1) is 11.3 Å². The molecule has 6 nitrogen and oxygen atoms in total. The molecule has 2 aromatic carbocycles. The zero-order chi connectivity index (χ0) is 18.6. The van der Waals surface area contributed by atoms with E-state index >= 15 is 0 Å². The molecule has 0 fully saturated rings. The number of nitrogens with one attached hydrogen (secondary N) is 1. The number of rotatable bonds is 7. The Kier molecular flexibility index (Phi) is 5.04. The van der Waals surface area contributed by atoms with Crippen LogP contribution in [0.25, 0.3) is 21.6 Å². The van der Waals surface area contributed by atoms with Crippen LogP contribution in [-0.2, 0) is 6.54 Å². The van der Waals surface area contributed by atoms with E-state index in [1.165, 1.54) is 0 Å². The molecule has 4 aromatic rings. The number of fused-ring (bicyclic) bond motifs is 1. The number of hydrogen-bond acceptors (Lipinski definition) is 6. The second kappa shape index (κ2) is 7.77. The van der Waals surface area contributed by atoms with Gasteiger partial charge in [-0.25, -0.2) is 9.97 Å². The standard InChI is InChI=1S/C20H20N4O2S/c1-26-16-6-4-5-14(11-16)19-22-15(13-27-19)12-24-18-8-3-2-7-17(18)23-20(24)21-9-10-25/h2-8,11,13,25H,9-10,12H2,1H3,(H,21,23). The van der Waals surface area contributed by atoms with E-state index in [-0.39, 0.29) is 6.61 Å². The highest BCUT2D eigenvalue weighted by Gasteiger charge is 2.13. The molecule has 27 heavy (non-hydrogen) atoms. The van der Waals surface area contributed by atoms with Gasteiger partial charge in [-0.1, -0.05) is 24.3 Å². The number of thiazole rings is 1. The van der Waals surface area contributed by atoms with Gasteiger partial charge in [0.1, 0.15) is 10.8 Å². The second-order valence-electron chi connectivity index (χ2n) is 6.04. The predicted octanol–water partition coefficient (Wildman–Crippen LogP) is 3.62. The summed E-state index contributed by atoms with van der Waals surface area (Å²) in [7, 11) is 1.66. The van der Waals surface area contributed by atoms with E-state index in [2.05, 4.69) is 20.2 Å². The van der Waals surface area contributed by atoms with Crippen molar-refractivity contribution in [1.29, 1.82) is 0 Å². The molecule has 7 heteroatoms. The normalized spacial score (nSPS) is 11.0. The van der Waals surface area contributed by atoms with Crippen molar-refractivity contribution >= 4 is 28.3 Å². The van der Waals surface area contributed by atoms with Crippen LogP contribution in [0.5, 0.6) is 5.75 Å². The number of aliphatic hydroxyl groups is 1. The molecule has 2 heterocycles. The van der Waals surface area contributed by atoms with E-state index in [1.807, 2.05) is 48.5 Å². The fourth-order valence-electron chi connectivity index (χ4n) is 2.97. The summed E-state index contributed by atoms with van der Waals surface area (Å²) in [4.78, 5) is 9.43. The Morgan fingerprint density at radius 2 is 2.04 bits per heavy atom. The van der Waals surface area contributed by atoms with Gasteiger partial charge < -0.3 is 19.7 Å². The zero-order valence-electron chi connectivity index (χ0n) is 14.9. The number of anilines is 1. The number of ether oxygens (including phenoxy) is 1. The number of methoxy groups -OCH3 is 1. The average Bonchev–Trinajstić information content (AvgIpc) is 3.32. The molecule has 2 aromatic heterocycles. The van der Waals surface area contributed by atoms with Crippen molar-refractivity contribution in [2.45, 2.75) is 6.54 Å². The number of hydrogen-bond donors (Lipinski definition) is 2. The highest BCUT2D eigenvalue weighted by molar-refractivity contribution is 7.13. The summed E-state index contributed by atoms with van der Waals surface area (Å²) < 4.78 is 7.40. The number of benzene rings is 2. The van der Waals surface area contributed by atoms with Crippen LogP contribution in [0.2, 0.25) is 0 Å². The second-order valence-corrected chi connectivity index (χ2v) is 6.89. The van der Waals surface area contributed by atoms with Crippen LogP contribution in [-0.4, -0.2) is 39.9 Å². The predicted molar refractivity (Wildman–Crippen MR) is 109 cm³/mol. The molecule has 0 amide bonds. The first-order chi connectivity index (χ1) is 13.3. The fraction of sp³-hybridized carbons (Fsp3) is 0.200. The van der Waals surface area contributed by atoms with Gasteiger partial charge in [0, 0.05) is 17.5 Å². The minimum Gasteiger partial charge on any atom is -0.497 e. The molecule has 0 spiro atoms. The molecule has 0 radical (unpaired) electrons. The lowest BCUT2D eigenvalue weighted by atomic mass is 10.2. The van der Waals surface area contributed by atoms with Crippen molar-refractivity contribution in [3.05, 3.63) is 59.6 Å². The topological polar surface area (TPSA) is 72.2 Å². The van der Waals surface area contributed by atoms with Gasteiger partial charge in [-0.2, -0.15) is 0 Å². The lowest BCUT2D eigenvalue weighted by molar-refractivity contribution is 0.310. The third kappa shape index (κ3) is 3.65. The fourth-order valence-corrected chi connectivity index (χ4v) is 3.78. The average molecular weight is 380 g/mol. The van der Waals surface area contributed by atoms with E-state index in [0.717, 1.165) is 39.0 Å². The molecule has 2 N–H and O–H groups in total. The maximum absolute atomic E-state index is 9.13. The lowest BCUT2D eigenvalue weighted by Crippen LogP contribution is -2.12. The Labute approximate surface area is 161 Å². The molecule has 0 unspecified atom stereocenters. The van der Waals surface area contributed by atoms with Crippen LogP contribution >= 0.6 is 11.3 Å². The highest BCUT2D eigenvalue weighted by Crippen LogP contribution is 2.28. The van der Waals surface area contributed by atoms with E-state index in [1.54, 1.807) is 18.4 Å². The monoisotopic (exact) mass is 380 g/mol. The Hall–Kier alpha value is -2.90. The number of aliphatic hydroxyl groups excluding tert-OH is 1. The number of para-hydroxylation sites is 2. The molecule has 4 rings (SSSR count). The summed E-state index contributed by atoms with van der Waals surface area (Å²) in [6, 6.07) is 15.9. The summed E-state index contributed by atoms with van der Waals surface area (Å²) in [6.07, 6.45) is 0. The van der Waals surface area contributed by atoms with Crippen molar-refractivity contribution in [2.24, 2.45) is 0 Å². The largest absolute Gasteiger partial charge is 0.497 e. The van der Waals surface area contributed by atoms with Crippen molar-refractivity contribution in [1.82, 2.24) is 14.5 Å². The third-order valence-electron chi connectivity index (χ3n) is 4.24. The maximum atomic E-state index is 9.13. The number of aromatic nitrogens is 3. The van der Waals surface area contributed by atoms with E-state index < -0.39 is 0 Å². The first-order valence-electron chi connectivity index (χ1n) is 8.67. The number of imidazole rings is 1. The van der Waals surface area contributed by atoms with Crippen LogP contribution in [0.15, 0.2) is 53.9 Å². The minimum atomic E-state index is 0.0555. The van der Waals surface area contributed by atoms with Crippen LogP contribution in [0.4, 0.5) is 5.95 Å². The van der Waals surface area contributed by atoms with Gasteiger partial charge in [-0.3, -0.25) is 0 Å². The third-order valence-corrected chi connectivity index (χ3v) is 5.18. The lowest BCUT2D eigenvalue weighted by Gasteiger charge is -2.08. The summed E-state index contributed by atoms with van der Waals surface area (Å²) in [5.41, 5.74) is 3.96. The molecule has 138 valence electrons. The molecule has 0 saturated heterocycles. The molecule has 0 aliphatic carbocycles. The first-order valence-corrected chi connectivity index (χ1v) is 9.55. The zero-order valence-corrected chi connectivity index (χ0v) is 15.7. The molecular formula is C20H20N4O2S. The van der Waals surface area contributed by atoms with Gasteiger partial charge in [0.2, 0.25) is 5.95 Å². The summed E-state index contributed by atoms with van der Waals surface area (Å²) in [5, 5.41) is 15.3. The quantitative estimate of drug-likeness (QED) is 0.512. The van der Waals surface area contributed by atoms with Gasteiger partial charge in [0.05, 0.1) is 37.0 Å².